The normalized spacial score (nSPS) is 18.2. The van der Waals surface area contributed by atoms with E-state index in [1.807, 2.05) is 0 Å². The highest BCUT2D eigenvalue weighted by molar-refractivity contribution is 7.19. The van der Waals surface area contributed by atoms with Gasteiger partial charge in [-0.3, -0.25) is 4.90 Å². The second-order valence-corrected chi connectivity index (χ2v) is 6.92. The van der Waals surface area contributed by atoms with Crippen LogP contribution >= 0.6 is 11.3 Å². The Kier molecular flexibility index (Phi) is 3.40. The minimum atomic E-state index is 0.623. The topological polar surface area (TPSA) is 76.4 Å². The molecule has 3 N–H and O–H groups in total. The first kappa shape index (κ1) is 13.8. The van der Waals surface area contributed by atoms with Crippen molar-refractivity contribution in [3.63, 3.8) is 0 Å². The quantitative estimate of drug-likeness (QED) is 0.872. The van der Waals surface area contributed by atoms with Crippen molar-refractivity contribution in [3.8, 4) is 6.07 Å². The van der Waals surface area contributed by atoms with Gasteiger partial charge in [0.15, 0.2) is 4.83 Å². The van der Waals surface area contributed by atoms with Crippen LogP contribution in [-0.2, 0) is 17.6 Å². The predicted octanol–water partition coefficient (Wildman–Crippen LogP) is 1.88. The van der Waals surface area contributed by atoms with Crippen molar-refractivity contribution in [3.05, 3.63) is 16.0 Å². The lowest BCUT2D eigenvalue weighted by Gasteiger charge is -2.26. The summed E-state index contributed by atoms with van der Waals surface area (Å²) in [5, 5.41) is 10.4. The number of fused-ring (bicyclic) bond motifs is 3. The number of morpholine rings is 1. The maximum atomic E-state index is 9.28. The van der Waals surface area contributed by atoms with E-state index in [4.69, 9.17) is 10.5 Å². The summed E-state index contributed by atoms with van der Waals surface area (Å²) >= 11 is 1.48. The molecule has 1 aliphatic heterocycles. The van der Waals surface area contributed by atoms with Crippen LogP contribution in [0.4, 0.5) is 11.5 Å². The number of nitrogens with zero attached hydrogens (tertiary/aromatic N) is 2. The summed E-state index contributed by atoms with van der Waals surface area (Å²) in [6.45, 7) is 3.38. The number of hydrogen-bond acceptors (Lipinski definition) is 5. The molecule has 0 unspecified atom stereocenters. The molecule has 1 saturated heterocycles. The molecule has 5 nitrogen and oxygen atoms in total. The van der Waals surface area contributed by atoms with E-state index in [9.17, 15) is 5.26 Å². The lowest BCUT2D eigenvalue weighted by molar-refractivity contribution is -0.328. The Morgan fingerprint density at radius 2 is 1.91 bits per heavy atom. The highest BCUT2D eigenvalue weighted by Gasteiger charge is 2.30. The van der Waals surface area contributed by atoms with Crippen LogP contribution in [0.5, 0.6) is 0 Å². The van der Waals surface area contributed by atoms with Gasteiger partial charge in [0.25, 0.3) is 5.82 Å². The van der Waals surface area contributed by atoms with Crippen molar-refractivity contribution < 1.29 is 9.72 Å². The predicted molar refractivity (Wildman–Crippen MR) is 87.2 cm³/mol. The molecule has 1 fully saturated rings. The van der Waals surface area contributed by atoms with E-state index in [2.05, 4.69) is 16.0 Å². The molecule has 3 heterocycles. The molecule has 0 aromatic carbocycles. The summed E-state index contributed by atoms with van der Waals surface area (Å²) in [6.07, 6.45) is 4.57. The van der Waals surface area contributed by atoms with Crippen molar-refractivity contribution >= 4 is 33.1 Å². The number of nitrogens with two attached hydrogens (primary N) is 1. The molecular formula is C16H19N4OS+. The molecule has 0 atom stereocenters. The van der Waals surface area contributed by atoms with E-state index in [0.717, 1.165) is 49.4 Å². The van der Waals surface area contributed by atoms with Crippen LogP contribution in [-0.4, -0.2) is 26.3 Å². The number of aromatic nitrogens is 1. The maximum Gasteiger partial charge on any atom is 0.279 e. The fourth-order valence-electron chi connectivity index (χ4n) is 3.60. The molecule has 114 valence electrons. The van der Waals surface area contributed by atoms with Gasteiger partial charge in [0.05, 0.1) is 24.3 Å². The van der Waals surface area contributed by atoms with Gasteiger partial charge in [-0.15, -0.1) is 0 Å². The minimum Gasteiger partial charge on any atom is -0.396 e. The molecule has 0 amide bonds. The molecule has 0 radical (unpaired) electrons. The standard InChI is InChI=1S/C16H18N4OS/c17-9-12-14(18)13-10-3-1-2-4-11(10)15(19-16(13)22-12)20-5-7-21-8-6-20/h1-8,18H2/p+1. The fourth-order valence-corrected chi connectivity index (χ4v) is 4.54. The van der Waals surface area contributed by atoms with E-state index >= 15 is 0 Å². The van der Waals surface area contributed by atoms with Gasteiger partial charge >= 0.3 is 0 Å². The van der Waals surface area contributed by atoms with E-state index in [-0.39, 0.29) is 0 Å². The van der Waals surface area contributed by atoms with Crippen molar-refractivity contribution in [2.24, 2.45) is 0 Å². The van der Waals surface area contributed by atoms with Crippen LogP contribution in [0, 0.1) is 11.3 Å². The second kappa shape index (κ2) is 5.41. The number of nitrogens with one attached hydrogen (secondary N) is 1. The van der Waals surface area contributed by atoms with Gasteiger partial charge in [0.1, 0.15) is 24.0 Å². The zero-order valence-electron chi connectivity index (χ0n) is 12.4. The van der Waals surface area contributed by atoms with Crippen LogP contribution in [0.2, 0.25) is 0 Å². The van der Waals surface area contributed by atoms with Gasteiger partial charge in [0.2, 0.25) is 0 Å². The van der Waals surface area contributed by atoms with Gasteiger partial charge in [-0.1, -0.05) is 11.3 Å². The number of aromatic amines is 1. The SMILES string of the molecule is N#Cc1sc2[nH+]c(N3CCOCC3)c3c(c2c1N)CCCC3. The lowest BCUT2D eigenvalue weighted by Crippen LogP contribution is -2.40. The fraction of sp³-hybridized carbons (Fsp3) is 0.500. The molecule has 0 saturated carbocycles. The first-order chi connectivity index (χ1) is 10.8. The summed E-state index contributed by atoms with van der Waals surface area (Å²) in [6, 6.07) is 2.23. The largest absolute Gasteiger partial charge is 0.396 e. The molecule has 22 heavy (non-hydrogen) atoms. The average molecular weight is 315 g/mol. The van der Waals surface area contributed by atoms with Crippen molar-refractivity contribution in [1.29, 1.82) is 5.26 Å². The van der Waals surface area contributed by atoms with Crippen LogP contribution < -0.4 is 15.6 Å². The van der Waals surface area contributed by atoms with Crippen molar-refractivity contribution in [2.75, 3.05) is 36.9 Å². The van der Waals surface area contributed by atoms with Crippen molar-refractivity contribution in [2.45, 2.75) is 25.7 Å². The number of pyridine rings is 1. The number of hydrogen-bond donors (Lipinski definition) is 1. The van der Waals surface area contributed by atoms with E-state index in [1.165, 1.54) is 41.1 Å². The van der Waals surface area contributed by atoms with Crippen molar-refractivity contribution in [1.82, 2.24) is 0 Å². The minimum absolute atomic E-state index is 0.623. The Morgan fingerprint density at radius 1 is 1.18 bits per heavy atom. The number of nitriles is 1. The third-order valence-corrected chi connectivity index (χ3v) is 5.69. The lowest BCUT2D eigenvalue weighted by atomic mass is 9.89. The first-order valence-electron chi connectivity index (χ1n) is 7.81. The molecule has 1 aliphatic carbocycles. The van der Waals surface area contributed by atoms with Crippen LogP contribution in [0.3, 0.4) is 0 Å². The summed E-state index contributed by atoms with van der Waals surface area (Å²) < 4.78 is 5.48. The number of ether oxygens (including phenoxy) is 1. The number of nitrogen functional groups attached to an aromatic ring is 1. The Balaban J connectivity index is 1.95. The van der Waals surface area contributed by atoms with Gasteiger partial charge < -0.3 is 10.5 Å². The molecule has 2 aromatic rings. The second-order valence-electron chi connectivity index (χ2n) is 5.90. The molecule has 0 spiro atoms. The van der Waals surface area contributed by atoms with Gasteiger partial charge in [-0.2, -0.15) is 5.26 Å². The maximum absolute atomic E-state index is 9.28. The summed E-state index contributed by atoms with van der Waals surface area (Å²) in [5.41, 5.74) is 9.65. The Bertz CT molecular complexity index is 771. The number of aryl methyl sites for hydroxylation is 1. The van der Waals surface area contributed by atoms with Crippen LogP contribution in [0.15, 0.2) is 0 Å². The van der Waals surface area contributed by atoms with Crippen LogP contribution in [0.1, 0.15) is 28.8 Å². The molecular weight excluding hydrogens is 296 g/mol. The highest BCUT2D eigenvalue weighted by atomic mass is 32.1. The third kappa shape index (κ3) is 2.04. The van der Waals surface area contributed by atoms with Crippen LogP contribution in [0.25, 0.3) is 10.2 Å². The smallest absolute Gasteiger partial charge is 0.279 e. The number of thiophene rings is 1. The Hall–Kier alpha value is -1.84. The van der Waals surface area contributed by atoms with E-state index in [1.54, 1.807) is 0 Å². The van der Waals surface area contributed by atoms with Gasteiger partial charge in [-0.05, 0) is 31.2 Å². The molecule has 6 heteroatoms. The summed E-state index contributed by atoms with van der Waals surface area (Å²) in [4.78, 5) is 7.62. The summed E-state index contributed by atoms with van der Waals surface area (Å²) in [7, 11) is 0. The van der Waals surface area contributed by atoms with Gasteiger partial charge in [-0.25, -0.2) is 4.98 Å². The molecule has 4 rings (SSSR count). The number of rotatable bonds is 1. The molecule has 2 aromatic heterocycles. The molecule has 0 bridgehead atoms. The summed E-state index contributed by atoms with van der Waals surface area (Å²) in [5.74, 6) is 1.22. The zero-order chi connectivity index (χ0) is 15.1. The number of H-pyrrole nitrogens is 1. The highest BCUT2D eigenvalue weighted by Crippen LogP contribution is 2.39. The first-order valence-corrected chi connectivity index (χ1v) is 8.63. The third-order valence-electron chi connectivity index (χ3n) is 4.66. The Labute approximate surface area is 133 Å². The zero-order valence-corrected chi connectivity index (χ0v) is 13.3. The Morgan fingerprint density at radius 3 is 2.64 bits per heavy atom. The molecule has 2 aliphatic rings. The van der Waals surface area contributed by atoms with E-state index < -0.39 is 0 Å². The van der Waals surface area contributed by atoms with Gasteiger partial charge in [0, 0.05) is 5.56 Å². The monoisotopic (exact) mass is 315 g/mol. The average Bonchev–Trinajstić information content (AvgIpc) is 2.91. The van der Waals surface area contributed by atoms with E-state index in [0.29, 0.717) is 10.6 Å². The number of anilines is 2.